The van der Waals surface area contributed by atoms with Crippen molar-refractivity contribution in [3.05, 3.63) is 34.0 Å². The third-order valence-electron chi connectivity index (χ3n) is 3.06. The molecule has 0 aliphatic heterocycles. The van der Waals surface area contributed by atoms with E-state index in [1.54, 1.807) is 17.1 Å². The van der Waals surface area contributed by atoms with Crippen LogP contribution < -0.4 is 10.9 Å². The number of nitrogens with one attached hydrogen (secondary N) is 1. The van der Waals surface area contributed by atoms with Gasteiger partial charge in [-0.3, -0.25) is 9.48 Å². The van der Waals surface area contributed by atoms with Crippen LogP contribution in [0.25, 0.3) is 0 Å². The molecule has 0 unspecified atom stereocenters. The Labute approximate surface area is 127 Å². The zero-order valence-corrected chi connectivity index (χ0v) is 12.8. The summed E-state index contributed by atoms with van der Waals surface area (Å²) in [5, 5.41) is 15.1. The van der Waals surface area contributed by atoms with E-state index in [9.17, 15) is 4.79 Å². The second-order valence-electron chi connectivity index (χ2n) is 4.70. The summed E-state index contributed by atoms with van der Waals surface area (Å²) >= 11 is 6.09. The molecule has 0 radical (unpaired) electrons. The molecule has 2 aromatic heterocycles. The number of anilines is 1. The first-order valence-corrected chi connectivity index (χ1v) is 7.43. The Morgan fingerprint density at radius 1 is 1.33 bits per heavy atom. The van der Waals surface area contributed by atoms with Crippen LogP contribution in [0.1, 0.15) is 26.2 Å². The van der Waals surface area contributed by atoms with E-state index in [0.29, 0.717) is 18.8 Å². The lowest BCUT2D eigenvalue weighted by molar-refractivity contribution is 0.543. The van der Waals surface area contributed by atoms with Crippen molar-refractivity contribution in [2.24, 2.45) is 0 Å². The fraction of sp³-hybridized carbons (Fsp3) is 0.538. The quantitative estimate of drug-likeness (QED) is 0.752. The molecule has 0 fully saturated rings. The van der Waals surface area contributed by atoms with E-state index in [0.717, 1.165) is 25.8 Å². The first kappa shape index (κ1) is 15.5. The second kappa shape index (κ2) is 7.78. The van der Waals surface area contributed by atoms with E-state index in [2.05, 4.69) is 27.7 Å². The summed E-state index contributed by atoms with van der Waals surface area (Å²) in [5.41, 5.74) is 0.333. The minimum absolute atomic E-state index is 0.196. The van der Waals surface area contributed by atoms with E-state index in [1.807, 2.05) is 6.20 Å². The highest BCUT2D eigenvalue weighted by molar-refractivity contribution is 6.32. The van der Waals surface area contributed by atoms with Crippen molar-refractivity contribution in [1.29, 1.82) is 0 Å². The number of halogens is 1. The molecule has 2 heterocycles. The van der Waals surface area contributed by atoms with E-state index in [1.165, 1.54) is 4.68 Å². The normalized spacial score (nSPS) is 10.8. The third kappa shape index (κ3) is 4.29. The van der Waals surface area contributed by atoms with Crippen molar-refractivity contribution in [3.63, 3.8) is 0 Å². The van der Waals surface area contributed by atoms with Gasteiger partial charge in [-0.2, -0.15) is 5.10 Å². The largest absolute Gasteiger partial charge is 0.382 e. The molecule has 0 spiro atoms. The summed E-state index contributed by atoms with van der Waals surface area (Å²) in [7, 11) is 0. The lowest BCUT2D eigenvalue weighted by Crippen LogP contribution is -2.24. The van der Waals surface area contributed by atoms with Crippen LogP contribution in [0.15, 0.2) is 23.4 Å². The minimum Gasteiger partial charge on any atom is -0.382 e. The maximum atomic E-state index is 12.0. The molecule has 0 aliphatic carbocycles. The predicted molar refractivity (Wildman–Crippen MR) is 81.5 cm³/mol. The SMILES string of the molecule is CCCCn1ncc(NCCCn2ccnn2)c(Cl)c1=O. The van der Waals surface area contributed by atoms with Crippen molar-refractivity contribution >= 4 is 17.3 Å². The van der Waals surface area contributed by atoms with Gasteiger partial charge in [-0.1, -0.05) is 30.2 Å². The van der Waals surface area contributed by atoms with Gasteiger partial charge in [0.1, 0.15) is 5.02 Å². The highest BCUT2D eigenvalue weighted by atomic mass is 35.5. The van der Waals surface area contributed by atoms with Gasteiger partial charge in [-0.15, -0.1) is 5.10 Å². The van der Waals surface area contributed by atoms with Gasteiger partial charge in [0.2, 0.25) is 0 Å². The number of rotatable bonds is 8. The van der Waals surface area contributed by atoms with E-state index >= 15 is 0 Å². The molecule has 0 amide bonds. The van der Waals surface area contributed by atoms with Crippen molar-refractivity contribution < 1.29 is 0 Å². The van der Waals surface area contributed by atoms with E-state index in [4.69, 9.17) is 11.6 Å². The Morgan fingerprint density at radius 3 is 2.90 bits per heavy atom. The molecule has 1 N–H and O–H groups in total. The summed E-state index contributed by atoms with van der Waals surface area (Å²) in [6, 6.07) is 0. The van der Waals surface area contributed by atoms with Gasteiger partial charge < -0.3 is 5.32 Å². The molecule has 0 saturated heterocycles. The van der Waals surface area contributed by atoms with Gasteiger partial charge in [0, 0.05) is 25.8 Å². The molecule has 2 rings (SSSR count). The average molecular weight is 311 g/mol. The molecule has 2 aromatic rings. The lowest BCUT2D eigenvalue weighted by atomic mass is 10.3. The summed E-state index contributed by atoms with van der Waals surface area (Å²) in [4.78, 5) is 12.0. The molecule has 0 saturated carbocycles. The fourth-order valence-corrected chi connectivity index (χ4v) is 2.08. The molecule has 0 aliphatic rings. The zero-order valence-electron chi connectivity index (χ0n) is 12.0. The second-order valence-corrected chi connectivity index (χ2v) is 5.08. The number of aryl methyl sites for hydroxylation is 2. The Hall–Kier alpha value is -1.89. The van der Waals surface area contributed by atoms with Gasteiger partial charge in [0.05, 0.1) is 18.1 Å². The molecule has 8 heteroatoms. The van der Waals surface area contributed by atoms with Crippen LogP contribution in [0.3, 0.4) is 0 Å². The number of hydrogen-bond donors (Lipinski definition) is 1. The molecular weight excluding hydrogens is 292 g/mol. The molecule has 0 bridgehead atoms. The average Bonchev–Trinajstić information content (AvgIpc) is 3.00. The number of nitrogens with zero attached hydrogens (tertiary/aromatic N) is 5. The fourth-order valence-electron chi connectivity index (χ4n) is 1.87. The van der Waals surface area contributed by atoms with Crippen LogP contribution in [0.5, 0.6) is 0 Å². The molecular formula is C13H19ClN6O. The zero-order chi connectivity index (χ0) is 15.1. The van der Waals surface area contributed by atoms with Crippen LogP contribution in [0.4, 0.5) is 5.69 Å². The summed E-state index contributed by atoms with van der Waals surface area (Å²) in [5.74, 6) is 0. The molecule has 114 valence electrons. The Morgan fingerprint density at radius 2 is 2.19 bits per heavy atom. The lowest BCUT2D eigenvalue weighted by Gasteiger charge is -2.10. The van der Waals surface area contributed by atoms with Gasteiger partial charge >= 0.3 is 0 Å². The summed E-state index contributed by atoms with van der Waals surface area (Å²) in [6.07, 6.45) is 7.82. The Bertz CT molecular complexity index is 610. The Balaban J connectivity index is 1.88. The molecule has 0 atom stereocenters. The van der Waals surface area contributed by atoms with Crippen LogP contribution in [0, 0.1) is 0 Å². The van der Waals surface area contributed by atoms with Crippen molar-refractivity contribution in [3.8, 4) is 0 Å². The highest BCUT2D eigenvalue weighted by Gasteiger charge is 2.08. The predicted octanol–water partition coefficient (Wildman–Crippen LogP) is 1.79. The van der Waals surface area contributed by atoms with Crippen LogP contribution in [-0.2, 0) is 13.1 Å². The first-order valence-electron chi connectivity index (χ1n) is 7.06. The van der Waals surface area contributed by atoms with Gasteiger partial charge in [0.25, 0.3) is 5.56 Å². The van der Waals surface area contributed by atoms with Gasteiger partial charge in [-0.25, -0.2) is 4.68 Å². The number of hydrogen-bond acceptors (Lipinski definition) is 5. The van der Waals surface area contributed by atoms with Gasteiger partial charge in [0.15, 0.2) is 0 Å². The maximum Gasteiger partial charge on any atom is 0.287 e. The van der Waals surface area contributed by atoms with Crippen molar-refractivity contribution in [1.82, 2.24) is 24.8 Å². The number of unbranched alkanes of at least 4 members (excludes halogenated alkanes) is 1. The number of aromatic nitrogens is 5. The Kier molecular flexibility index (Phi) is 5.74. The first-order chi connectivity index (χ1) is 10.2. The van der Waals surface area contributed by atoms with Crippen LogP contribution >= 0.6 is 11.6 Å². The molecule has 21 heavy (non-hydrogen) atoms. The summed E-state index contributed by atoms with van der Waals surface area (Å²) < 4.78 is 3.16. The highest BCUT2D eigenvalue weighted by Crippen LogP contribution is 2.15. The van der Waals surface area contributed by atoms with Crippen LogP contribution in [0.2, 0.25) is 5.02 Å². The van der Waals surface area contributed by atoms with Crippen molar-refractivity contribution in [2.45, 2.75) is 39.3 Å². The third-order valence-corrected chi connectivity index (χ3v) is 3.42. The topological polar surface area (TPSA) is 77.6 Å². The monoisotopic (exact) mass is 310 g/mol. The minimum atomic E-state index is -0.244. The maximum absolute atomic E-state index is 12.0. The van der Waals surface area contributed by atoms with E-state index in [-0.39, 0.29) is 10.6 Å². The smallest absolute Gasteiger partial charge is 0.287 e. The van der Waals surface area contributed by atoms with E-state index < -0.39 is 0 Å². The van der Waals surface area contributed by atoms with Crippen molar-refractivity contribution in [2.75, 3.05) is 11.9 Å². The molecule has 0 aromatic carbocycles. The molecule has 7 nitrogen and oxygen atoms in total. The standard InChI is InChI=1S/C13H19ClN6O/c1-2-3-8-20-13(21)12(14)11(10-17-20)15-5-4-7-19-9-6-16-18-19/h6,9-10,15H,2-5,7-8H2,1H3. The van der Waals surface area contributed by atoms with Gasteiger partial charge in [-0.05, 0) is 12.8 Å². The van der Waals surface area contributed by atoms with Crippen LogP contribution in [-0.4, -0.2) is 31.3 Å². The summed E-state index contributed by atoms with van der Waals surface area (Å²) in [6.45, 7) is 4.10.